The highest BCUT2D eigenvalue weighted by Gasteiger charge is 2.06. The van der Waals surface area contributed by atoms with E-state index >= 15 is 0 Å². The summed E-state index contributed by atoms with van der Waals surface area (Å²) in [7, 11) is 0. The van der Waals surface area contributed by atoms with E-state index in [1.807, 2.05) is 6.07 Å². The van der Waals surface area contributed by atoms with E-state index in [0.29, 0.717) is 31.2 Å². The highest BCUT2D eigenvalue weighted by Crippen LogP contribution is 2.23. The SMILES string of the molecule is CC(C)CCCOCC(O)CNc1ccc(C#N)cc1Br. The van der Waals surface area contributed by atoms with E-state index in [2.05, 4.69) is 41.2 Å². The van der Waals surface area contributed by atoms with Crippen molar-refractivity contribution < 1.29 is 9.84 Å². The van der Waals surface area contributed by atoms with Gasteiger partial charge in [0.2, 0.25) is 0 Å². The van der Waals surface area contributed by atoms with Crippen molar-refractivity contribution in [2.24, 2.45) is 5.92 Å². The van der Waals surface area contributed by atoms with Gasteiger partial charge in [0.25, 0.3) is 0 Å². The molecule has 21 heavy (non-hydrogen) atoms. The summed E-state index contributed by atoms with van der Waals surface area (Å²) in [5, 5.41) is 21.8. The Morgan fingerprint density at radius 3 is 2.81 bits per heavy atom. The third-order valence-electron chi connectivity index (χ3n) is 3.01. The number of nitriles is 1. The smallest absolute Gasteiger partial charge is 0.0992 e. The Kier molecular flexibility index (Phi) is 8.36. The Bertz CT molecular complexity index is 472. The minimum absolute atomic E-state index is 0.332. The molecule has 5 heteroatoms. The molecule has 0 aromatic heterocycles. The van der Waals surface area contributed by atoms with Crippen LogP contribution < -0.4 is 5.32 Å². The van der Waals surface area contributed by atoms with Crippen LogP contribution in [0, 0.1) is 17.2 Å². The molecule has 1 atom stereocenters. The van der Waals surface area contributed by atoms with Gasteiger partial charge in [-0.05, 0) is 52.9 Å². The molecule has 0 saturated heterocycles. The third-order valence-corrected chi connectivity index (χ3v) is 3.66. The molecule has 2 N–H and O–H groups in total. The monoisotopic (exact) mass is 354 g/mol. The van der Waals surface area contributed by atoms with Crippen LogP contribution in [0.2, 0.25) is 0 Å². The quantitative estimate of drug-likeness (QED) is 0.665. The van der Waals surface area contributed by atoms with Crippen molar-refractivity contribution in [1.29, 1.82) is 5.26 Å². The van der Waals surface area contributed by atoms with Gasteiger partial charge in [0.1, 0.15) is 0 Å². The molecule has 0 radical (unpaired) electrons. The first-order chi connectivity index (χ1) is 10.0. The summed E-state index contributed by atoms with van der Waals surface area (Å²) in [5.74, 6) is 0.689. The molecule has 0 heterocycles. The van der Waals surface area contributed by atoms with E-state index in [1.54, 1.807) is 12.1 Å². The number of halogens is 1. The number of nitrogens with one attached hydrogen (secondary N) is 1. The van der Waals surface area contributed by atoms with Crippen molar-refractivity contribution in [1.82, 2.24) is 0 Å². The molecule has 0 fully saturated rings. The number of rotatable bonds is 9. The van der Waals surface area contributed by atoms with Crippen LogP contribution in [0.4, 0.5) is 5.69 Å². The normalized spacial score (nSPS) is 12.2. The van der Waals surface area contributed by atoms with E-state index in [1.165, 1.54) is 0 Å². The van der Waals surface area contributed by atoms with Gasteiger partial charge in [0.05, 0.1) is 24.3 Å². The summed E-state index contributed by atoms with van der Waals surface area (Å²) < 4.78 is 6.27. The Morgan fingerprint density at radius 2 is 2.19 bits per heavy atom. The number of benzene rings is 1. The van der Waals surface area contributed by atoms with Crippen LogP contribution in [-0.2, 0) is 4.74 Å². The predicted molar refractivity (Wildman–Crippen MR) is 88.2 cm³/mol. The average Bonchev–Trinajstić information content (AvgIpc) is 2.45. The van der Waals surface area contributed by atoms with Gasteiger partial charge in [-0.15, -0.1) is 0 Å². The predicted octanol–water partition coefficient (Wildman–Crippen LogP) is 3.55. The van der Waals surface area contributed by atoms with Crippen LogP contribution in [0.1, 0.15) is 32.3 Å². The fourth-order valence-corrected chi connectivity index (χ4v) is 2.35. The molecular formula is C16H23BrN2O2. The number of hydrogen-bond donors (Lipinski definition) is 2. The van der Waals surface area contributed by atoms with Gasteiger partial charge in [-0.3, -0.25) is 0 Å². The maximum atomic E-state index is 9.86. The van der Waals surface area contributed by atoms with Crippen LogP contribution in [-0.4, -0.2) is 31.0 Å². The lowest BCUT2D eigenvalue weighted by Gasteiger charge is -2.14. The van der Waals surface area contributed by atoms with Crippen molar-refractivity contribution in [3.05, 3.63) is 28.2 Å². The van der Waals surface area contributed by atoms with Gasteiger partial charge < -0.3 is 15.2 Å². The van der Waals surface area contributed by atoms with Crippen LogP contribution in [0.25, 0.3) is 0 Å². The fraction of sp³-hybridized carbons (Fsp3) is 0.562. The molecule has 1 aromatic rings. The largest absolute Gasteiger partial charge is 0.389 e. The first kappa shape index (κ1) is 18.0. The van der Waals surface area contributed by atoms with Crippen molar-refractivity contribution in [2.45, 2.75) is 32.8 Å². The van der Waals surface area contributed by atoms with Crippen LogP contribution >= 0.6 is 15.9 Å². The Labute approximate surface area is 135 Å². The zero-order valence-electron chi connectivity index (χ0n) is 12.6. The van der Waals surface area contributed by atoms with Crippen LogP contribution in [0.5, 0.6) is 0 Å². The van der Waals surface area contributed by atoms with E-state index < -0.39 is 6.10 Å². The van der Waals surface area contributed by atoms with E-state index in [4.69, 9.17) is 10.00 Å². The highest BCUT2D eigenvalue weighted by molar-refractivity contribution is 9.10. The van der Waals surface area contributed by atoms with E-state index in [0.717, 1.165) is 23.0 Å². The molecular weight excluding hydrogens is 332 g/mol. The standard InChI is InChI=1S/C16H23BrN2O2/c1-12(2)4-3-7-21-11-14(20)10-19-16-6-5-13(9-18)8-15(16)17/h5-6,8,12,14,19-20H,3-4,7,10-11H2,1-2H3. The molecule has 4 nitrogen and oxygen atoms in total. The van der Waals surface area contributed by atoms with Gasteiger partial charge in [-0.25, -0.2) is 0 Å². The molecule has 1 aromatic carbocycles. The van der Waals surface area contributed by atoms with Gasteiger partial charge in [0, 0.05) is 23.3 Å². The molecule has 1 rings (SSSR count). The lowest BCUT2D eigenvalue weighted by atomic mass is 10.1. The molecule has 116 valence electrons. The maximum absolute atomic E-state index is 9.86. The van der Waals surface area contributed by atoms with Gasteiger partial charge >= 0.3 is 0 Å². The van der Waals surface area contributed by atoms with Crippen LogP contribution in [0.15, 0.2) is 22.7 Å². The Balaban J connectivity index is 2.24. The number of nitrogens with zero attached hydrogens (tertiary/aromatic N) is 1. The van der Waals surface area contributed by atoms with Crippen molar-refractivity contribution in [3.8, 4) is 6.07 Å². The second kappa shape index (κ2) is 9.78. The lowest BCUT2D eigenvalue weighted by molar-refractivity contribution is 0.0409. The highest BCUT2D eigenvalue weighted by atomic mass is 79.9. The van der Waals surface area contributed by atoms with E-state index in [-0.39, 0.29) is 0 Å². The average molecular weight is 355 g/mol. The zero-order valence-corrected chi connectivity index (χ0v) is 14.2. The number of hydrogen-bond acceptors (Lipinski definition) is 4. The number of ether oxygens (including phenoxy) is 1. The number of anilines is 1. The summed E-state index contributed by atoms with van der Waals surface area (Å²) >= 11 is 3.40. The summed E-state index contributed by atoms with van der Waals surface area (Å²) in [6, 6.07) is 7.38. The lowest BCUT2D eigenvalue weighted by Crippen LogP contribution is -2.25. The molecule has 0 amide bonds. The fourth-order valence-electron chi connectivity index (χ4n) is 1.83. The van der Waals surface area contributed by atoms with Crippen molar-refractivity contribution in [2.75, 3.05) is 25.1 Å². The third kappa shape index (κ3) is 7.47. The molecule has 0 aliphatic heterocycles. The summed E-state index contributed by atoms with van der Waals surface area (Å²) in [6.45, 7) is 5.81. The Morgan fingerprint density at radius 1 is 1.43 bits per heavy atom. The number of aliphatic hydroxyl groups excluding tert-OH is 1. The summed E-state index contributed by atoms with van der Waals surface area (Å²) in [4.78, 5) is 0. The molecule has 0 bridgehead atoms. The minimum atomic E-state index is -0.549. The van der Waals surface area contributed by atoms with Crippen LogP contribution in [0.3, 0.4) is 0 Å². The number of aliphatic hydroxyl groups is 1. The summed E-state index contributed by atoms with van der Waals surface area (Å²) in [5.41, 5.74) is 1.45. The topological polar surface area (TPSA) is 65.3 Å². The van der Waals surface area contributed by atoms with Crippen molar-refractivity contribution >= 4 is 21.6 Å². The molecule has 1 unspecified atom stereocenters. The first-order valence-electron chi connectivity index (χ1n) is 7.22. The second-order valence-corrected chi connectivity index (χ2v) is 6.31. The Hall–Kier alpha value is -1.09. The summed E-state index contributed by atoms with van der Waals surface area (Å²) in [6.07, 6.45) is 1.62. The minimum Gasteiger partial charge on any atom is -0.389 e. The molecule has 0 aliphatic rings. The maximum Gasteiger partial charge on any atom is 0.0992 e. The van der Waals surface area contributed by atoms with Gasteiger partial charge in [-0.1, -0.05) is 13.8 Å². The zero-order chi connectivity index (χ0) is 15.7. The molecule has 0 aliphatic carbocycles. The molecule has 0 spiro atoms. The first-order valence-corrected chi connectivity index (χ1v) is 8.01. The van der Waals surface area contributed by atoms with E-state index in [9.17, 15) is 5.11 Å². The second-order valence-electron chi connectivity index (χ2n) is 5.45. The van der Waals surface area contributed by atoms with Gasteiger partial charge in [0.15, 0.2) is 0 Å². The van der Waals surface area contributed by atoms with Gasteiger partial charge in [-0.2, -0.15) is 5.26 Å². The van der Waals surface area contributed by atoms with Crippen molar-refractivity contribution in [3.63, 3.8) is 0 Å². The molecule has 0 saturated carbocycles.